The molecule has 1 aromatic carbocycles. The molecule has 3 rings (SSSR count). The summed E-state index contributed by atoms with van der Waals surface area (Å²) in [5, 5.41) is 0.713. The topological polar surface area (TPSA) is 76.6 Å². The molecule has 0 aliphatic carbocycles. The van der Waals surface area contributed by atoms with E-state index in [0.717, 1.165) is 0 Å². The monoisotopic (exact) mass is 426 g/mol. The number of benzene rings is 1. The van der Waals surface area contributed by atoms with Crippen LogP contribution in [0.3, 0.4) is 0 Å². The van der Waals surface area contributed by atoms with Crippen molar-refractivity contribution < 1.29 is 17.9 Å². The number of Topliss-reactive ketones (excluding diaryl/α,β-unsaturated/α-hetero) is 1. The summed E-state index contributed by atoms with van der Waals surface area (Å²) in [7, 11) is -3.57. The summed E-state index contributed by atoms with van der Waals surface area (Å²) in [6.07, 6.45) is 1.34. The van der Waals surface area contributed by atoms with E-state index in [1.54, 1.807) is 37.3 Å². The number of ether oxygens (including phenoxy) is 1. The van der Waals surface area contributed by atoms with Crippen molar-refractivity contribution in [3.63, 3.8) is 0 Å². The van der Waals surface area contributed by atoms with Crippen LogP contribution >= 0.6 is 23.4 Å². The normalized spacial score (nSPS) is 16.8. The Bertz CT molecular complexity index is 913. The Morgan fingerprint density at radius 2 is 2.00 bits per heavy atom. The highest BCUT2D eigenvalue weighted by Crippen LogP contribution is 2.26. The Morgan fingerprint density at radius 1 is 1.26 bits per heavy atom. The third-order valence-corrected chi connectivity index (χ3v) is 7.26. The van der Waals surface area contributed by atoms with Gasteiger partial charge in [-0.15, -0.1) is 0 Å². The van der Waals surface area contributed by atoms with Gasteiger partial charge >= 0.3 is 0 Å². The van der Waals surface area contributed by atoms with E-state index in [4.69, 9.17) is 16.3 Å². The number of ketones is 1. The average molecular weight is 427 g/mol. The molecular weight excluding hydrogens is 408 g/mol. The molecular formula is C18H19ClN2O4S2. The number of carbonyl (C=O) groups excluding carboxylic acids is 1. The van der Waals surface area contributed by atoms with E-state index in [2.05, 4.69) is 4.98 Å². The summed E-state index contributed by atoms with van der Waals surface area (Å²) in [4.78, 5) is 16.9. The van der Waals surface area contributed by atoms with E-state index in [1.807, 2.05) is 0 Å². The third-order valence-electron chi connectivity index (χ3n) is 4.09. The number of carbonyl (C=O) groups is 1. The SMILES string of the molecule is C[C@H](Sc1ccc(S(=O)(=O)N2CCOCC2)cn1)C(=O)c1cccc(Cl)c1. The molecule has 0 unspecified atom stereocenters. The Labute approximate surface area is 167 Å². The van der Waals surface area contributed by atoms with E-state index < -0.39 is 10.0 Å². The molecule has 9 heteroatoms. The van der Waals surface area contributed by atoms with E-state index in [9.17, 15) is 13.2 Å². The largest absolute Gasteiger partial charge is 0.379 e. The Kier molecular flexibility index (Phi) is 6.54. The van der Waals surface area contributed by atoms with Crippen LogP contribution in [0.25, 0.3) is 0 Å². The molecule has 1 aromatic heterocycles. The second kappa shape index (κ2) is 8.70. The van der Waals surface area contributed by atoms with Gasteiger partial charge in [0.25, 0.3) is 0 Å². The molecule has 144 valence electrons. The van der Waals surface area contributed by atoms with Gasteiger partial charge in [0.15, 0.2) is 5.78 Å². The van der Waals surface area contributed by atoms with E-state index >= 15 is 0 Å². The minimum Gasteiger partial charge on any atom is -0.379 e. The van der Waals surface area contributed by atoms with Crippen LogP contribution < -0.4 is 0 Å². The molecule has 1 saturated heterocycles. The van der Waals surface area contributed by atoms with Gasteiger partial charge in [0.1, 0.15) is 4.90 Å². The second-order valence-corrected chi connectivity index (χ2v) is 9.72. The number of aromatic nitrogens is 1. The summed E-state index contributed by atoms with van der Waals surface area (Å²) >= 11 is 7.21. The molecule has 6 nitrogen and oxygen atoms in total. The summed E-state index contributed by atoms with van der Waals surface area (Å²) < 4.78 is 31.8. The number of halogens is 1. The Morgan fingerprint density at radius 3 is 2.63 bits per heavy atom. The molecule has 1 fully saturated rings. The van der Waals surface area contributed by atoms with Gasteiger partial charge in [0.05, 0.1) is 23.5 Å². The highest BCUT2D eigenvalue weighted by atomic mass is 35.5. The van der Waals surface area contributed by atoms with Gasteiger partial charge in [-0.3, -0.25) is 4.79 Å². The lowest BCUT2D eigenvalue weighted by Crippen LogP contribution is -2.40. The molecule has 2 aromatic rings. The number of hydrogen-bond donors (Lipinski definition) is 0. The summed E-state index contributed by atoms with van der Waals surface area (Å²) in [6.45, 7) is 3.25. The lowest BCUT2D eigenvalue weighted by atomic mass is 10.1. The first kappa shape index (κ1) is 20.3. The van der Waals surface area contributed by atoms with E-state index in [-0.39, 0.29) is 15.9 Å². The van der Waals surface area contributed by atoms with Gasteiger partial charge in [-0.1, -0.05) is 35.5 Å². The van der Waals surface area contributed by atoms with Crippen molar-refractivity contribution in [1.82, 2.24) is 9.29 Å². The summed E-state index contributed by atoms with van der Waals surface area (Å²) in [6, 6.07) is 9.95. The van der Waals surface area contributed by atoms with Gasteiger partial charge in [0.2, 0.25) is 10.0 Å². The molecule has 0 amide bonds. The average Bonchev–Trinajstić information content (AvgIpc) is 2.68. The third kappa shape index (κ3) is 4.89. The van der Waals surface area contributed by atoms with Crippen LogP contribution in [0.2, 0.25) is 5.02 Å². The standard InChI is InChI=1S/C18H19ClN2O4S2/c1-13(18(22)14-3-2-4-15(19)11-14)26-17-6-5-16(12-20-17)27(23,24)21-7-9-25-10-8-21/h2-6,11-13H,7-10H2,1H3/t13-/m0/s1. The lowest BCUT2D eigenvalue weighted by molar-refractivity contribution is 0.0730. The number of morpholine rings is 1. The Hall–Kier alpha value is -1.45. The molecule has 1 aliphatic rings. The predicted molar refractivity (Wildman–Crippen MR) is 105 cm³/mol. The molecule has 0 spiro atoms. The molecule has 0 N–H and O–H groups in total. The van der Waals surface area contributed by atoms with Crippen LogP contribution in [0.1, 0.15) is 17.3 Å². The number of nitrogens with zero attached hydrogens (tertiary/aromatic N) is 2. The number of rotatable bonds is 6. The fraction of sp³-hybridized carbons (Fsp3) is 0.333. The van der Waals surface area contributed by atoms with Crippen LogP contribution in [0.15, 0.2) is 52.5 Å². The zero-order valence-corrected chi connectivity index (χ0v) is 17.1. The van der Waals surface area contributed by atoms with Crippen molar-refractivity contribution in [3.05, 3.63) is 53.2 Å². The number of hydrogen-bond acceptors (Lipinski definition) is 6. The van der Waals surface area contributed by atoms with Gasteiger partial charge < -0.3 is 4.74 Å². The molecule has 1 aliphatic heterocycles. The van der Waals surface area contributed by atoms with Gasteiger partial charge in [0, 0.05) is 29.9 Å². The first-order valence-corrected chi connectivity index (χ1v) is 11.1. The molecule has 27 heavy (non-hydrogen) atoms. The van der Waals surface area contributed by atoms with Crippen LogP contribution in [-0.2, 0) is 14.8 Å². The fourth-order valence-electron chi connectivity index (χ4n) is 2.64. The minimum absolute atomic E-state index is 0.0608. The predicted octanol–water partition coefficient (Wildman–Crippen LogP) is 3.12. The van der Waals surface area contributed by atoms with Crippen molar-refractivity contribution in [1.29, 1.82) is 0 Å². The number of thioether (sulfide) groups is 1. The zero-order valence-electron chi connectivity index (χ0n) is 14.7. The number of sulfonamides is 1. The molecule has 2 heterocycles. The summed E-state index contributed by atoms with van der Waals surface area (Å²) in [5.74, 6) is -0.0608. The van der Waals surface area contributed by atoms with Gasteiger partial charge in [-0.2, -0.15) is 4.31 Å². The highest BCUT2D eigenvalue weighted by Gasteiger charge is 2.26. The smallest absolute Gasteiger partial charge is 0.244 e. The maximum atomic E-state index is 12.6. The maximum absolute atomic E-state index is 12.6. The first-order chi connectivity index (χ1) is 12.9. The van der Waals surface area contributed by atoms with Gasteiger partial charge in [-0.25, -0.2) is 13.4 Å². The summed E-state index contributed by atoms with van der Waals surface area (Å²) in [5.41, 5.74) is 0.536. The van der Waals surface area contributed by atoms with Crippen molar-refractivity contribution in [2.75, 3.05) is 26.3 Å². The zero-order chi connectivity index (χ0) is 19.4. The quantitative estimate of drug-likeness (QED) is 0.521. The molecule has 0 saturated carbocycles. The van der Waals surface area contributed by atoms with Crippen molar-refractivity contribution in [2.45, 2.75) is 22.1 Å². The molecule has 1 atom stereocenters. The number of pyridine rings is 1. The van der Waals surface area contributed by atoms with Crippen LogP contribution in [0.5, 0.6) is 0 Å². The first-order valence-electron chi connectivity index (χ1n) is 8.38. The van der Waals surface area contributed by atoms with Crippen molar-refractivity contribution in [3.8, 4) is 0 Å². The van der Waals surface area contributed by atoms with Crippen LogP contribution in [0.4, 0.5) is 0 Å². The molecule has 0 radical (unpaired) electrons. The van der Waals surface area contributed by atoms with E-state index in [0.29, 0.717) is 41.9 Å². The second-order valence-electron chi connectivity index (χ2n) is 5.98. The fourth-order valence-corrected chi connectivity index (χ4v) is 5.05. The van der Waals surface area contributed by atoms with Crippen molar-refractivity contribution in [2.24, 2.45) is 0 Å². The van der Waals surface area contributed by atoms with Crippen molar-refractivity contribution >= 4 is 39.2 Å². The lowest BCUT2D eigenvalue weighted by Gasteiger charge is -2.25. The maximum Gasteiger partial charge on any atom is 0.244 e. The van der Waals surface area contributed by atoms with E-state index in [1.165, 1.54) is 28.3 Å². The van der Waals surface area contributed by atoms with Crippen LogP contribution in [0, 0.1) is 0 Å². The Balaban J connectivity index is 1.69. The van der Waals surface area contributed by atoms with Crippen LogP contribution in [-0.4, -0.2) is 55.0 Å². The van der Waals surface area contributed by atoms with Gasteiger partial charge in [-0.05, 0) is 31.2 Å². The molecule has 0 bridgehead atoms. The highest BCUT2D eigenvalue weighted by molar-refractivity contribution is 8.00. The minimum atomic E-state index is -3.57.